The Morgan fingerprint density at radius 1 is 1.19 bits per heavy atom. The molecule has 2 atom stereocenters. The molecule has 4 heteroatoms. The summed E-state index contributed by atoms with van der Waals surface area (Å²) in [6.07, 6.45) is 5.45. The fourth-order valence-electron chi connectivity index (χ4n) is 2.94. The van der Waals surface area contributed by atoms with Crippen LogP contribution < -0.4 is 5.32 Å². The number of nitrogens with one attached hydrogen (secondary N) is 1. The van der Waals surface area contributed by atoms with Crippen LogP contribution in [0.15, 0.2) is 24.3 Å². The lowest BCUT2D eigenvalue weighted by Crippen LogP contribution is -2.29. The van der Waals surface area contributed by atoms with Gasteiger partial charge in [-0.25, -0.2) is 0 Å². The molecule has 2 rings (SSSR count). The number of aryl methyl sites for hydroxylation is 1. The van der Waals surface area contributed by atoms with Crippen LogP contribution in [0.5, 0.6) is 0 Å². The zero-order valence-corrected chi connectivity index (χ0v) is 12.5. The molecule has 1 aromatic rings. The summed E-state index contributed by atoms with van der Waals surface area (Å²) in [5.41, 5.74) is 2.01. The predicted molar refractivity (Wildman–Crippen MR) is 82.2 cm³/mol. The van der Waals surface area contributed by atoms with E-state index in [1.54, 1.807) is 0 Å². The van der Waals surface area contributed by atoms with Gasteiger partial charge >= 0.3 is 5.97 Å². The summed E-state index contributed by atoms with van der Waals surface area (Å²) < 4.78 is 0. The first-order valence-electron chi connectivity index (χ1n) is 7.74. The normalized spacial score (nSPS) is 21.2. The average Bonchev–Trinajstić information content (AvgIpc) is 2.96. The van der Waals surface area contributed by atoms with Crippen LogP contribution in [0.3, 0.4) is 0 Å². The van der Waals surface area contributed by atoms with E-state index in [-0.39, 0.29) is 5.91 Å². The highest BCUT2D eigenvalue weighted by atomic mass is 16.4. The van der Waals surface area contributed by atoms with E-state index >= 15 is 0 Å². The first kappa shape index (κ1) is 15.5. The van der Waals surface area contributed by atoms with Gasteiger partial charge in [0.2, 0.25) is 5.91 Å². The van der Waals surface area contributed by atoms with Crippen molar-refractivity contribution >= 4 is 17.6 Å². The van der Waals surface area contributed by atoms with Gasteiger partial charge < -0.3 is 10.4 Å². The van der Waals surface area contributed by atoms with Crippen molar-refractivity contribution in [2.45, 2.75) is 45.4 Å². The van der Waals surface area contributed by atoms with E-state index in [0.29, 0.717) is 12.8 Å². The van der Waals surface area contributed by atoms with E-state index < -0.39 is 17.8 Å². The average molecular weight is 289 g/mol. The van der Waals surface area contributed by atoms with Crippen LogP contribution in [-0.4, -0.2) is 17.0 Å². The van der Waals surface area contributed by atoms with Crippen molar-refractivity contribution in [3.05, 3.63) is 29.8 Å². The van der Waals surface area contributed by atoms with Gasteiger partial charge in [-0.3, -0.25) is 9.59 Å². The van der Waals surface area contributed by atoms with Crippen molar-refractivity contribution in [3.8, 4) is 0 Å². The van der Waals surface area contributed by atoms with Crippen LogP contribution >= 0.6 is 0 Å². The minimum Gasteiger partial charge on any atom is -0.481 e. The van der Waals surface area contributed by atoms with E-state index in [9.17, 15) is 9.59 Å². The molecule has 0 unspecified atom stereocenters. The standard InChI is InChI=1S/C17H23NO3/c1-2-3-5-12-8-10-13(11-9-12)18-16(19)14-6-4-7-15(14)17(20)21/h8-11,14-15H,2-7H2,1H3,(H,18,19)(H,20,21)/t14-,15+/m1/s1. The lowest BCUT2D eigenvalue weighted by atomic mass is 9.95. The molecule has 0 aromatic heterocycles. The summed E-state index contributed by atoms with van der Waals surface area (Å²) in [4.78, 5) is 23.3. The Balaban J connectivity index is 1.94. The maximum atomic E-state index is 12.2. The number of carboxylic acid groups (broad SMARTS) is 1. The Bertz CT molecular complexity index is 495. The van der Waals surface area contributed by atoms with Gasteiger partial charge in [0.1, 0.15) is 0 Å². The van der Waals surface area contributed by atoms with Crippen molar-refractivity contribution in [2.75, 3.05) is 5.32 Å². The maximum Gasteiger partial charge on any atom is 0.307 e. The highest BCUT2D eigenvalue weighted by molar-refractivity contribution is 5.95. The molecule has 2 N–H and O–H groups in total. The number of carbonyl (C=O) groups excluding carboxylic acids is 1. The molecule has 1 aromatic carbocycles. The van der Waals surface area contributed by atoms with Crippen molar-refractivity contribution in [2.24, 2.45) is 11.8 Å². The Morgan fingerprint density at radius 2 is 1.86 bits per heavy atom. The Hall–Kier alpha value is -1.84. The monoisotopic (exact) mass is 289 g/mol. The first-order valence-corrected chi connectivity index (χ1v) is 7.74. The molecule has 1 fully saturated rings. The van der Waals surface area contributed by atoms with Crippen LogP contribution in [0.2, 0.25) is 0 Å². The smallest absolute Gasteiger partial charge is 0.307 e. The number of unbranched alkanes of at least 4 members (excludes halogenated alkanes) is 1. The van der Waals surface area contributed by atoms with E-state index in [0.717, 1.165) is 31.4 Å². The van der Waals surface area contributed by atoms with Crippen LogP contribution in [-0.2, 0) is 16.0 Å². The second kappa shape index (κ2) is 7.25. The molecule has 0 aliphatic heterocycles. The summed E-state index contributed by atoms with van der Waals surface area (Å²) in [7, 11) is 0. The highest BCUT2D eigenvalue weighted by Crippen LogP contribution is 2.32. The molecule has 1 aliphatic carbocycles. The number of hydrogen-bond acceptors (Lipinski definition) is 2. The minimum absolute atomic E-state index is 0.166. The Morgan fingerprint density at radius 3 is 2.48 bits per heavy atom. The number of amides is 1. The summed E-state index contributed by atoms with van der Waals surface area (Å²) in [6, 6.07) is 7.84. The minimum atomic E-state index is -0.859. The summed E-state index contributed by atoms with van der Waals surface area (Å²) in [5.74, 6) is -1.96. The first-order chi connectivity index (χ1) is 10.1. The van der Waals surface area contributed by atoms with E-state index in [1.165, 1.54) is 5.56 Å². The Labute approximate surface area is 125 Å². The lowest BCUT2D eigenvalue weighted by Gasteiger charge is -2.15. The van der Waals surface area contributed by atoms with Crippen LogP contribution in [0.4, 0.5) is 5.69 Å². The fourth-order valence-corrected chi connectivity index (χ4v) is 2.94. The largest absolute Gasteiger partial charge is 0.481 e. The third-order valence-corrected chi connectivity index (χ3v) is 4.21. The molecule has 0 bridgehead atoms. The summed E-state index contributed by atoms with van der Waals surface area (Å²) >= 11 is 0. The number of rotatable bonds is 6. The summed E-state index contributed by atoms with van der Waals surface area (Å²) in [6.45, 7) is 2.16. The van der Waals surface area contributed by atoms with Gasteiger partial charge in [-0.05, 0) is 43.4 Å². The number of benzene rings is 1. The third-order valence-electron chi connectivity index (χ3n) is 4.21. The maximum absolute atomic E-state index is 12.2. The molecule has 4 nitrogen and oxygen atoms in total. The van der Waals surface area contributed by atoms with Gasteiger partial charge in [0.15, 0.2) is 0 Å². The van der Waals surface area contributed by atoms with E-state index in [1.807, 2.05) is 24.3 Å². The van der Waals surface area contributed by atoms with Crippen LogP contribution in [0.1, 0.15) is 44.6 Å². The molecule has 114 valence electrons. The predicted octanol–water partition coefficient (Wildman–Crippen LogP) is 3.47. The molecule has 1 saturated carbocycles. The number of anilines is 1. The SMILES string of the molecule is CCCCc1ccc(NC(=O)[C@@H]2CCC[C@@H]2C(=O)O)cc1. The summed E-state index contributed by atoms with van der Waals surface area (Å²) in [5, 5.41) is 12.0. The Kier molecular flexibility index (Phi) is 5.37. The number of carboxylic acids is 1. The second-order valence-electron chi connectivity index (χ2n) is 5.77. The topological polar surface area (TPSA) is 66.4 Å². The molecule has 0 spiro atoms. The van der Waals surface area contributed by atoms with Crippen LogP contribution in [0, 0.1) is 11.8 Å². The van der Waals surface area contributed by atoms with Gasteiger partial charge in [0.25, 0.3) is 0 Å². The fraction of sp³-hybridized carbons (Fsp3) is 0.529. The molecule has 21 heavy (non-hydrogen) atoms. The molecular formula is C17H23NO3. The van der Waals surface area contributed by atoms with Crippen molar-refractivity contribution in [3.63, 3.8) is 0 Å². The van der Waals surface area contributed by atoms with E-state index in [4.69, 9.17) is 5.11 Å². The van der Waals surface area contributed by atoms with Crippen LogP contribution in [0.25, 0.3) is 0 Å². The van der Waals surface area contributed by atoms with E-state index in [2.05, 4.69) is 12.2 Å². The zero-order valence-electron chi connectivity index (χ0n) is 12.5. The van der Waals surface area contributed by atoms with Crippen molar-refractivity contribution in [1.29, 1.82) is 0 Å². The number of hydrogen-bond donors (Lipinski definition) is 2. The molecule has 1 amide bonds. The van der Waals surface area contributed by atoms with Crippen molar-refractivity contribution < 1.29 is 14.7 Å². The second-order valence-corrected chi connectivity index (χ2v) is 5.77. The molecule has 0 saturated heterocycles. The molecular weight excluding hydrogens is 266 g/mol. The quantitative estimate of drug-likeness (QED) is 0.842. The molecule has 0 radical (unpaired) electrons. The van der Waals surface area contributed by atoms with Gasteiger partial charge in [0.05, 0.1) is 11.8 Å². The molecule has 1 aliphatic rings. The lowest BCUT2D eigenvalue weighted by molar-refractivity contribution is -0.145. The zero-order chi connectivity index (χ0) is 15.2. The van der Waals surface area contributed by atoms with Gasteiger partial charge in [-0.2, -0.15) is 0 Å². The number of aliphatic carboxylic acids is 1. The van der Waals surface area contributed by atoms with Gasteiger partial charge in [0, 0.05) is 5.69 Å². The van der Waals surface area contributed by atoms with Gasteiger partial charge in [-0.1, -0.05) is 31.9 Å². The van der Waals surface area contributed by atoms with Gasteiger partial charge in [-0.15, -0.1) is 0 Å². The van der Waals surface area contributed by atoms with Crippen molar-refractivity contribution in [1.82, 2.24) is 0 Å². The third kappa shape index (κ3) is 4.06. The number of carbonyl (C=O) groups is 2. The molecule has 0 heterocycles. The highest BCUT2D eigenvalue weighted by Gasteiger charge is 2.37.